The largest absolute Gasteiger partial charge is 0.494 e. The van der Waals surface area contributed by atoms with Crippen molar-refractivity contribution in [3.8, 4) is 5.75 Å². The van der Waals surface area contributed by atoms with E-state index in [4.69, 9.17) is 16.3 Å². The number of hydrogen-bond acceptors (Lipinski definition) is 3. The predicted molar refractivity (Wildman–Crippen MR) is 74.8 cm³/mol. The lowest BCUT2D eigenvalue weighted by Gasteiger charge is -2.06. The van der Waals surface area contributed by atoms with E-state index < -0.39 is 0 Å². The number of amides is 1. The highest BCUT2D eigenvalue weighted by molar-refractivity contribution is 6.29. The van der Waals surface area contributed by atoms with E-state index in [1.54, 1.807) is 36.4 Å². The standard InChI is InChI=1S/C14H13ClN2O2/c1-2-19-12-5-3-10(4-6-12)14(18)17-11-7-8-16-13(15)9-11/h3-9H,2H2,1H3,(H,16,17,18). The van der Waals surface area contributed by atoms with Crippen molar-refractivity contribution >= 4 is 23.2 Å². The number of ether oxygens (including phenoxy) is 1. The average Bonchev–Trinajstić information content (AvgIpc) is 2.40. The van der Waals surface area contributed by atoms with Crippen LogP contribution in [0, 0.1) is 0 Å². The van der Waals surface area contributed by atoms with Gasteiger partial charge < -0.3 is 10.1 Å². The molecular weight excluding hydrogens is 264 g/mol. The molecule has 0 radical (unpaired) electrons. The highest BCUT2D eigenvalue weighted by Crippen LogP contribution is 2.15. The number of aromatic nitrogens is 1. The van der Waals surface area contributed by atoms with Gasteiger partial charge in [0, 0.05) is 17.4 Å². The molecule has 0 unspecified atom stereocenters. The lowest BCUT2D eigenvalue weighted by molar-refractivity contribution is 0.102. The van der Waals surface area contributed by atoms with E-state index in [2.05, 4.69) is 10.3 Å². The predicted octanol–water partition coefficient (Wildman–Crippen LogP) is 3.39. The number of hydrogen-bond donors (Lipinski definition) is 1. The molecule has 2 rings (SSSR count). The molecule has 0 aliphatic heterocycles. The average molecular weight is 277 g/mol. The molecule has 0 aliphatic rings. The van der Waals surface area contributed by atoms with Crippen LogP contribution in [0.15, 0.2) is 42.6 Å². The quantitative estimate of drug-likeness (QED) is 0.871. The second-order valence-corrected chi connectivity index (χ2v) is 4.17. The van der Waals surface area contributed by atoms with Crippen LogP contribution in [0.4, 0.5) is 5.69 Å². The Bertz CT molecular complexity index is 570. The third-order valence-electron chi connectivity index (χ3n) is 2.41. The first-order chi connectivity index (χ1) is 9.19. The Morgan fingerprint density at radius 2 is 2.05 bits per heavy atom. The maximum atomic E-state index is 12.0. The van der Waals surface area contributed by atoms with Crippen LogP contribution in [0.2, 0.25) is 5.15 Å². The molecule has 4 nitrogen and oxygen atoms in total. The second-order valence-electron chi connectivity index (χ2n) is 3.78. The van der Waals surface area contributed by atoms with E-state index in [9.17, 15) is 4.79 Å². The molecule has 0 fully saturated rings. The van der Waals surface area contributed by atoms with E-state index in [1.807, 2.05) is 6.92 Å². The van der Waals surface area contributed by atoms with Crippen LogP contribution in [-0.4, -0.2) is 17.5 Å². The van der Waals surface area contributed by atoms with Crippen molar-refractivity contribution < 1.29 is 9.53 Å². The van der Waals surface area contributed by atoms with Crippen molar-refractivity contribution in [1.29, 1.82) is 0 Å². The van der Waals surface area contributed by atoms with Gasteiger partial charge in [0.15, 0.2) is 0 Å². The van der Waals surface area contributed by atoms with E-state index >= 15 is 0 Å². The molecule has 0 saturated carbocycles. The van der Waals surface area contributed by atoms with Crippen molar-refractivity contribution in [1.82, 2.24) is 4.98 Å². The summed E-state index contributed by atoms with van der Waals surface area (Å²) >= 11 is 5.75. The minimum atomic E-state index is -0.203. The molecule has 98 valence electrons. The molecule has 0 aliphatic carbocycles. The third-order valence-corrected chi connectivity index (χ3v) is 2.62. The van der Waals surface area contributed by atoms with Crippen LogP contribution in [0.3, 0.4) is 0 Å². The van der Waals surface area contributed by atoms with Gasteiger partial charge in [-0.15, -0.1) is 0 Å². The highest BCUT2D eigenvalue weighted by atomic mass is 35.5. The zero-order chi connectivity index (χ0) is 13.7. The Morgan fingerprint density at radius 3 is 2.68 bits per heavy atom. The summed E-state index contributed by atoms with van der Waals surface area (Å²) < 4.78 is 5.32. The summed E-state index contributed by atoms with van der Waals surface area (Å²) in [5.41, 5.74) is 1.16. The molecule has 1 amide bonds. The van der Waals surface area contributed by atoms with Crippen molar-refractivity contribution in [3.63, 3.8) is 0 Å². The lowest BCUT2D eigenvalue weighted by atomic mass is 10.2. The molecule has 5 heteroatoms. The molecule has 0 saturated heterocycles. The van der Waals surface area contributed by atoms with E-state index in [-0.39, 0.29) is 5.91 Å². The summed E-state index contributed by atoms with van der Waals surface area (Å²) in [7, 11) is 0. The Hall–Kier alpha value is -2.07. The number of benzene rings is 1. The molecule has 0 spiro atoms. The van der Waals surface area contributed by atoms with Gasteiger partial charge in [-0.05, 0) is 43.3 Å². The maximum Gasteiger partial charge on any atom is 0.255 e. The van der Waals surface area contributed by atoms with Gasteiger partial charge in [0.1, 0.15) is 10.9 Å². The van der Waals surface area contributed by atoms with Crippen LogP contribution in [0.25, 0.3) is 0 Å². The van der Waals surface area contributed by atoms with Gasteiger partial charge in [0.05, 0.1) is 6.61 Å². The van der Waals surface area contributed by atoms with Crippen LogP contribution in [0.1, 0.15) is 17.3 Å². The fourth-order valence-corrected chi connectivity index (χ4v) is 1.73. The number of nitrogens with zero attached hydrogens (tertiary/aromatic N) is 1. The van der Waals surface area contributed by atoms with Gasteiger partial charge >= 0.3 is 0 Å². The fraction of sp³-hybridized carbons (Fsp3) is 0.143. The normalized spacial score (nSPS) is 10.0. The Morgan fingerprint density at radius 1 is 1.32 bits per heavy atom. The van der Waals surface area contributed by atoms with Gasteiger partial charge in [-0.3, -0.25) is 4.79 Å². The first kappa shape index (κ1) is 13.4. The van der Waals surface area contributed by atoms with Crippen molar-refractivity contribution in [3.05, 3.63) is 53.3 Å². The monoisotopic (exact) mass is 276 g/mol. The van der Waals surface area contributed by atoms with Crippen molar-refractivity contribution in [2.24, 2.45) is 0 Å². The lowest BCUT2D eigenvalue weighted by Crippen LogP contribution is -2.11. The smallest absolute Gasteiger partial charge is 0.255 e. The number of carbonyl (C=O) groups is 1. The number of anilines is 1. The number of rotatable bonds is 4. The number of carbonyl (C=O) groups excluding carboxylic acids is 1. The van der Waals surface area contributed by atoms with Gasteiger partial charge in [-0.2, -0.15) is 0 Å². The van der Waals surface area contributed by atoms with Crippen molar-refractivity contribution in [2.75, 3.05) is 11.9 Å². The topological polar surface area (TPSA) is 51.2 Å². The highest BCUT2D eigenvalue weighted by Gasteiger charge is 2.06. The van der Waals surface area contributed by atoms with Crippen molar-refractivity contribution in [2.45, 2.75) is 6.92 Å². The molecular formula is C14H13ClN2O2. The Balaban J connectivity index is 2.07. The zero-order valence-corrected chi connectivity index (χ0v) is 11.1. The van der Waals surface area contributed by atoms with Crippen LogP contribution in [0.5, 0.6) is 5.75 Å². The van der Waals surface area contributed by atoms with Gasteiger partial charge in [0.2, 0.25) is 0 Å². The Kier molecular flexibility index (Phi) is 4.36. The van der Waals surface area contributed by atoms with E-state index in [0.29, 0.717) is 23.0 Å². The molecule has 1 aromatic carbocycles. The zero-order valence-electron chi connectivity index (χ0n) is 10.4. The molecule has 19 heavy (non-hydrogen) atoms. The molecule has 0 bridgehead atoms. The van der Waals surface area contributed by atoms with Crippen LogP contribution in [-0.2, 0) is 0 Å². The summed E-state index contributed by atoms with van der Waals surface area (Å²) in [6, 6.07) is 10.2. The first-order valence-electron chi connectivity index (χ1n) is 5.85. The number of halogens is 1. The molecule has 1 N–H and O–H groups in total. The third kappa shape index (κ3) is 3.69. The number of nitrogens with one attached hydrogen (secondary N) is 1. The minimum absolute atomic E-state index is 0.203. The minimum Gasteiger partial charge on any atom is -0.494 e. The maximum absolute atomic E-state index is 12.0. The fourth-order valence-electron chi connectivity index (χ4n) is 1.55. The van der Waals surface area contributed by atoms with Crippen LogP contribution >= 0.6 is 11.6 Å². The number of pyridine rings is 1. The van der Waals surface area contributed by atoms with E-state index in [1.165, 1.54) is 6.20 Å². The summed E-state index contributed by atoms with van der Waals surface area (Å²) in [5.74, 6) is 0.538. The molecule has 2 aromatic rings. The van der Waals surface area contributed by atoms with E-state index in [0.717, 1.165) is 5.75 Å². The molecule has 0 atom stereocenters. The second kappa shape index (κ2) is 6.20. The summed E-state index contributed by atoms with van der Waals surface area (Å²) in [5, 5.41) is 3.08. The molecule has 1 aromatic heterocycles. The first-order valence-corrected chi connectivity index (χ1v) is 6.22. The van der Waals surface area contributed by atoms with Crippen LogP contribution < -0.4 is 10.1 Å². The summed E-state index contributed by atoms with van der Waals surface area (Å²) in [6.45, 7) is 2.51. The van der Waals surface area contributed by atoms with Gasteiger partial charge in [-0.25, -0.2) is 4.98 Å². The SMILES string of the molecule is CCOc1ccc(C(=O)Nc2ccnc(Cl)c2)cc1. The summed E-state index contributed by atoms with van der Waals surface area (Å²) in [6.07, 6.45) is 1.54. The molecule has 1 heterocycles. The summed E-state index contributed by atoms with van der Waals surface area (Å²) in [4.78, 5) is 15.8. The van der Waals surface area contributed by atoms with Gasteiger partial charge in [0.25, 0.3) is 5.91 Å². The van der Waals surface area contributed by atoms with Gasteiger partial charge in [-0.1, -0.05) is 11.6 Å². The Labute approximate surface area is 116 Å².